The van der Waals surface area contributed by atoms with Gasteiger partial charge in [-0.15, -0.1) is 0 Å². The number of carbonyl (C=O) groups is 1. The van der Waals surface area contributed by atoms with Gasteiger partial charge in [-0.05, 0) is 62.4 Å². The minimum atomic E-state index is -0.837. The van der Waals surface area contributed by atoms with Gasteiger partial charge in [0.15, 0.2) is 11.6 Å². The first-order chi connectivity index (χ1) is 12.9. The number of aliphatic hydroxyl groups excluding tert-OH is 2. The molecule has 2 bridgehead atoms. The molecule has 9 atom stereocenters. The summed E-state index contributed by atoms with van der Waals surface area (Å²) >= 11 is 0. The molecule has 4 aliphatic carbocycles. The highest BCUT2D eigenvalue weighted by Gasteiger charge is 2.79. The van der Waals surface area contributed by atoms with Gasteiger partial charge in [0.25, 0.3) is 0 Å². The molecule has 1 heterocycles. The standard InChI is InChI=1S/C23H34O5/c1-11-17-12(24)9-14-22(6)13(20(2,3)8-7-15(22)25)10-16-23(14,18(11)26)19(17)28-21(4,5)27-16/h12-17,19,24-25H,1,7-10H2,2-6H3/t12-,13+,14-,15-,16+,17+,19+,22+,23-/m0/s1. The van der Waals surface area contributed by atoms with Gasteiger partial charge in [-0.25, -0.2) is 0 Å². The van der Waals surface area contributed by atoms with Crippen molar-refractivity contribution in [2.75, 3.05) is 0 Å². The molecule has 5 rings (SSSR count). The fourth-order valence-electron chi connectivity index (χ4n) is 8.25. The van der Waals surface area contributed by atoms with Crippen LogP contribution in [0, 0.1) is 34.0 Å². The summed E-state index contributed by atoms with van der Waals surface area (Å²) < 4.78 is 12.8. The quantitative estimate of drug-likeness (QED) is 0.622. The van der Waals surface area contributed by atoms with E-state index in [9.17, 15) is 15.0 Å². The second kappa shape index (κ2) is 5.29. The molecule has 0 unspecified atom stereocenters. The van der Waals surface area contributed by atoms with Crippen LogP contribution in [0.1, 0.15) is 60.3 Å². The van der Waals surface area contributed by atoms with E-state index < -0.39 is 34.9 Å². The Morgan fingerprint density at radius 2 is 1.71 bits per heavy atom. The van der Waals surface area contributed by atoms with E-state index in [1.807, 2.05) is 13.8 Å². The van der Waals surface area contributed by atoms with Crippen molar-refractivity contribution in [1.29, 1.82) is 0 Å². The summed E-state index contributed by atoms with van der Waals surface area (Å²) in [4.78, 5) is 13.7. The average Bonchev–Trinajstić information content (AvgIpc) is 2.74. The van der Waals surface area contributed by atoms with Gasteiger partial charge in [-0.1, -0.05) is 27.4 Å². The Morgan fingerprint density at radius 1 is 1.04 bits per heavy atom. The smallest absolute Gasteiger partial charge is 0.170 e. The average molecular weight is 391 g/mol. The van der Waals surface area contributed by atoms with Crippen LogP contribution in [-0.2, 0) is 14.3 Å². The van der Waals surface area contributed by atoms with Crippen molar-refractivity contribution in [3.8, 4) is 0 Å². The predicted octanol–water partition coefficient (Wildman–Crippen LogP) is 2.84. The summed E-state index contributed by atoms with van der Waals surface area (Å²) in [5.41, 5.74) is -0.775. The zero-order valence-corrected chi connectivity index (χ0v) is 17.7. The SMILES string of the molecule is C=C1C(=O)[C@@]23[C@@H]4OC(C)(C)O[C@@H]2C[C@@H]2C(C)(C)CC[C@H](O)[C@@]2(C)[C@@H]3C[C@H](O)[C@@H]14. The van der Waals surface area contributed by atoms with Gasteiger partial charge >= 0.3 is 0 Å². The Balaban J connectivity index is 1.75. The van der Waals surface area contributed by atoms with Gasteiger partial charge in [0.1, 0.15) is 0 Å². The van der Waals surface area contributed by atoms with Gasteiger partial charge in [-0.3, -0.25) is 4.79 Å². The largest absolute Gasteiger partial charge is 0.393 e. The highest BCUT2D eigenvalue weighted by Crippen LogP contribution is 2.73. The van der Waals surface area contributed by atoms with Crippen LogP contribution in [0.25, 0.3) is 0 Å². The van der Waals surface area contributed by atoms with E-state index in [1.54, 1.807) is 0 Å². The molecule has 0 aromatic carbocycles. The van der Waals surface area contributed by atoms with Crippen molar-refractivity contribution >= 4 is 5.78 Å². The molecule has 5 heteroatoms. The summed E-state index contributed by atoms with van der Waals surface area (Å²) in [7, 11) is 0. The third kappa shape index (κ3) is 1.95. The molecule has 156 valence electrons. The number of hydrogen-bond donors (Lipinski definition) is 2. The maximum Gasteiger partial charge on any atom is 0.170 e. The second-order valence-corrected chi connectivity index (χ2v) is 11.4. The molecule has 5 aliphatic rings. The lowest BCUT2D eigenvalue weighted by molar-refractivity contribution is -0.390. The van der Waals surface area contributed by atoms with Gasteiger partial charge in [0, 0.05) is 11.3 Å². The fraction of sp³-hybridized carbons (Fsp3) is 0.870. The molecule has 0 aromatic rings. The summed E-state index contributed by atoms with van der Waals surface area (Å²) in [6.45, 7) is 14.6. The molecule has 2 N–H and O–H groups in total. The zero-order valence-electron chi connectivity index (χ0n) is 17.7. The van der Waals surface area contributed by atoms with Crippen molar-refractivity contribution in [3.63, 3.8) is 0 Å². The van der Waals surface area contributed by atoms with Crippen molar-refractivity contribution in [2.45, 2.75) is 90.5 Å². The molecule has 28 heavy (non-hydrogen) atoms. The maximum absolute atomic E-state index is 13.7. The molecule has 5 nitrogen and oxygen atoms in total. The predicted molar refractivity (Wildman–Crippen MR) is 103 cm³/mol. The normalized spacial score (nSPS) is 56.2. The lowest BCUT2D eigenvalue weighted by atomic mass is 9.38. The highest BCUT2D eigenvalue weighted by molar-refractivity contribution is 6.05. The number of ether oxygens (including phenoxy) is 2. The molecule has 0 radical (unpaired) electrons. The first-order valence-electron chi connectivity index (χ1n) is 10.8. The third-order valence-electron chi connectivity index (χ3n) is 9.40. The van der Waals surface area contributed by atoms with Gasteiger partial charge in [-0.2, -0.15) is 0 Å². The van der Waals surface area contributed by atoms with E-state index >= 15 is 0 Å². The third-order valence-corrected chi connectivity index (χ3v) is 9.40. The van der Waals surface area contributed by atoms with E-state index in [0.29, 0.717) is 12.0 Å². The zero-order chi connectivity index (χ0) is 20.4. The van der Waals surface area contributed by atoms with Crippen LogP contribution in [-0.4, -0.2) is 46.2 Å². The summed E-state index contributed by atoms with van der Waals surface area (Å²) in [5, 5.41) is 22.4. The minimum absolute atomic E-state index is 0.000181. The molecule has 1 saturated heterocycles. The van der Waals surface area contributed by atoms with Crippen LogP contribution < -0.4 is 0 Å². The van der Waals surface area contributed by atoms with Crippen LogP contribution in [0.3, 0.4) is 0 Å². The van der Waals surface area contributed by atoms with Crippen LogP contribution >= 0.6 is 0 Å². The molecule has 0 aromatic heterocycles. The molecule has 1 spiro atoms. The van der Waals surface area contributed by atoms with E-state index in [1.165, 1.54) is 0 Å². The number of aliphatic hydroxyl groups is 2. The molecule has 4 saturated carbocycles. The summed E-state index contributed by atoms with van der Waals surface area (Å²) in [6, 6.07) is 0. The number of rotatable bonds is 0. The van der Waals surface area contributed by atoms with E-state index in [4.69, 9.17) is 9.47 Å². The van der Waals surface area contributed by atoms with Crippen molar-refractivity contribution in [2.24, 2.45) is 34.0 Å². The lowest BCUT2D eigenvalue weighted by Crippen LogP contribution is -2.74. The maximum atomic E-state index is 13.7. The first kappa shape index (κ1) is 19.2. The number of fused-ring (bicyclic) bond motifs is 2. The number of ketones is 1. The Kier molecular flexibility index (Phi) is 3.63. The van der Waals surface area contributed by atoms with Gasteiger partial charge < -0.3 is 19.7 Å². The Labute approximate surface area is 167 Å². The number of carbonyl (C=O) groups excluding carboxylic acids is 1. The summed E-state index contributed by atoms with van der Waals surface area (Å²) in [5.74, 6) is -1.15. The van der Waals surface area contributed by atoms with Gasteiger partial charge in [0.2, 0.25) is 0 Å². The lowest BCUT2D eigenvalue weighted by Gasteiger charge is -2.69. The van der Waals surface area contributed by atoms with Gasteiger partial charge in [0.05, 0.1) is 29.8 Å². The molecule has 5 fully saturated rings. The molecule has 0 amide bonds. The van der Waals surface area contributed by atoms with Crippen molar-refractivity contribution in [3.05, 3.63) is 12.2 Å². The summed E-state index contributed by atoms with van der Waals surface area (Å²) in [6.07, 6.45) is 1.05. The van der Waals surface area contributed by atoms with E-state index in [0.717, 1.165) is 19.3 Å². The first-order valence-corrected chi connectivity index (χ1v) is 10.8. The van der Waals surface area contributed by atoms with Crippen molar-refractivity contribution < 1.29 is 24.5 Å². The number of hydrogen-bond acceptors (Lipinski definition) is 5. The topological polar surface area (TPSA) is 76.0 Å². The minimum Gasteiger partial charge on any atom is -0.393 e. The fourth-order valence-corrected chi connectivity index (χ4v) is 8.25. The second-order valence-electron chi connectivity index (χ2n) is 11.4. The molecule has 1 aliphatic heterocycles. The highest BCUT2D eigenvalue weighted by atomic mass is 16.7. The van der Waals surface area contributed by atoms with Crippen LogP contribution in [0.5, 0.6) is 0 Å². The number of Topliss-reactive ketones (excluding diaryl/α,β-unsaturated/α-hetero) is 1. The Bertz CT molecular complexity index is 756. The van der Waals surface area contributed by atoms with Crippen LogP contribution in [0.4, 0.5) is 0 Å². The Hall–Kier alpha value is -0.750. The van der Waals surface area contributed by atoms with Crippen LogP contribution in [0.2, 0.25) is 0 Å². The van der Waals surface area contributed by atoms with E-state index in [2.05, 4.69) is 27.4 Å². The van der Waals surface area contributed by atoms with Crippen LogP contribution in [0.15, 0.2) is 12.2 Å². The molecular weight excluding hydrogens is 356 g/mol. The monoisotopic (exact) mass is 390 g/mol. The van der Waals surface area contributed by atoms with Crippen molar-refractivity contribution in [1.82, 2.24) is 0 Å². The molecular formula is C23H34O5. The van der Waals surface area contributed by atoms with E-state index in [-0.39, 0.29) is 35.1 Å². The Morgan fingerprint density at radius 3 is 2.39 bits per heavy atom.